The largest absolute Gasteiger partial charge is 0.458 e. The van der Waals surface area contributed by atoms with Crippen LogP contribution in [0.2, 0.25) is 0 Å². The second-order valence-corrected chi connectivity index (χ2v) is 4.69. The van der Waals surface area contributed by atoms with Crippen molar-refractivity contribution in [3.8, 4) is 0 Å². The van der Waals surface area contributed by atoms with Crippen LogP contribution in [0.1, 0.15) is 27.4 Å². The average molecular weight is 255 g/mol. The maximum atomic E-state index is 11.6. The topological polar surface area (TPSA) is 50.5 Å². The third kappa shape index (κ3) is 2.05. The summed E-state index contributed by atoms with van der Waals surface area (Å²) in [6, 6.07) is 9.43. The molecule has 0 fully saturated rings. The number of fused-ring (bicyclic) bond motifs is 1. The molecule has 0 N–H and O–H groups in total. The molecule has 1 aromatic carbocycles. The Labute approximate surface area is 110 Å². The van der Waals surface area contributed by atoms with Crippen LogP contribution in [0.15, 0.2) is 34.7 Å². The van der Waals surface area contributed by atoms with E-state index in [1.165, 1.54) is 0 Å². The molecule has 1 aliphatic heterocycles. The van der Waals surface area contributed by atoms with Crippen molar-refractivity contribution in [1.82, 2.24) is 0 Å². The number of carbonyl (C=O) groups excluding carboxylic acids is 2. The van der Waals surface area contributed by atoms with E-state index in [4.69, 9.17) is 4.42 Å². The molecule has 1 amide bonds. The lowest BCUT2D eigenvalue weighted by Crippen LogP contribution is -2.20. The standard InChI is InChI=1S/C15H13NO3/c1-16-14-5-2-10(6-11(14)8-15(16)18)7-12-3-4-13(9-17)19-12/h2-6,9H,7-8H2,1H3. The summed E-state index contributed by atoms with van der Waals surface area (Å²) in [6.45, 7) is 0. The zero-order valence-corrected chi connectivity index (χ0v) is 10.6. The van der Waals surface area contributed by atoms with Crippen molar-refractivity contribution in [3.05, 3.63) is 53.0 Å². The Kier molecular flexibility index (Phi) is 2.71. The Morgan fingerprint density at radius 1 is 1.32 bits per heavy atom. The van der Waals surface area contributed by atoms with Crippen LogP contribution < -0.4 is 4.90 Å². The molecule has 0 atom stereocenters. The number of furan rings is 1. The molecule has 19 heavy (non-hydrogen) atoms. The van der Waals surface area contributed by atoms with Gasteiger partial charge in [0.15, 0.2) is 12.0 Å². The lowest BCUT2D eigenvalue weighted by Gasteiger charge is -2.10. The zero-order valence-electron chi connectivity index (χ0n) is 10.6. The molecule has 4 heteroatoms. The second-order valence-electron chi connectivity index (χ2n) is 4.69. The van der Waals surface area contributed by atoms with Crippen LogP contribution in [0, 0.1) is 0 Å². The van der Waals surface area contributed by atoms with Crippen LogP contribution in [0.5, 0.6) is 0 Å². The summed E-state index contributed by atoms with van der Waals surface area (Å²) in [5, 5.41) is 0. The van der Waals surface area contributed by atoms with E-state index in [1.807, 2.05) is 18.2 Å². The molecule has 0 spiro atoms. The van der Waals surface area contributed by atoms with E-state index in [0.717, 1.165) is 22.6 Å². The summed E-state index contributed by atoms with van der Waals surface area (Å²) < 4.78 is 5.35. The summed E-state index contributed by atoms with van der Waals surface area (Å²) in [5.74, 6) is 1.21. The quantitative estimate of drug-likeness (QED) is 0.790. The lowest BCUT2D eigenvalue weighted by molar-refractivity contribution is -0.117. The van der Waals surface area contributed by atoms with E-state index in [0.29, 0.717) is 24.9 Å². The summed E-state index contributed by atoms with van der Waals surface area (Å²) in [6.07, 6.45) is 1.77. The summed E-state index contributed by atoms with van der Waals surface area (Å²) in [7, 11) is 1.79. The van der Waals surface area contributed by atoms with Gasteiger partial charge in [0.2, 0.25) is 5.91 Å². The fourth-order valence-electron chi connectivity index (χ4n) is 2.39. The number of anilines is 1. The molecule has 4 nitrogen and oxygen atoms in total. The van der Waals surface area contributed by atoms with Crippen LogP contribution in [-0.2, 0) is 17.6 Å². The van der Waals surface area contributed by atoms with Gasteiger partial charge in [-0.3, -0.25) is 9.59 Å². The van der Waals surface area contributed by atoms with Gasteiger partial charge in [0.05, 0.1) is 6.42 Å². The van der Waals surface area contributed by atoms with E-state index in [1.54, 1.807) is 24.1 Å². The van der Waals surface area contributed by atoms with E-state index in [2.05, 4.69) is 0 Å². The number of hydrogen-bond acceptors (Lipinski definition) is 3. The molecule has 3 rings (SSSR count). The number of aldehydes is 1. The Morgan fingerprint density at radius 3 is 2.89 bits per heavy atom. The van der Waals surface area contributed by atoms with Gasteiger partial charge in [-0.25, -0.2) is 0 Å². The summed E-state index contributed by atoms with van der Waals surface area (Å²) >= 11 is 0. The summed E-state index contributed by atoms with van der Waals surface area (Å²) in [4.78, 5) is 23.8. The Hall–Kier alpha value is -2.36. The number of hydrogen-bond donors (Lipinski definition) is 0. The highest BCUT2D eigenvalue weighted by Crippen LogP contribution is 2.29. The Bertz CT molecular complexity index is 657. The molecule has 0 saturated heterocycles. The SMILES string of the molecule is CN1C(=O)Cc2cc(Cc3ccc(C=O)o3)ccc21. The van der Waals surface area contributed by atoms with Crippen molar-refractivity contribution in [1.29, 1.82) is 0 Å². The average Bonchev–Trinajstić information content (AvgIpc) is 2.96. The third-order valence-corrected chi connectivity index (χ3v) is 3.40. The van der Waals surface area contributed by atoms with Crippen molar-refractivity contribution < 1.29 is 14.0 Å². The molecule has 0 unspecified atom stereocenters. The molecule has 0 bridgehead atoms. The van der Waals surface area contributed by atoms with E-state index in [9.17, 15) is 9.59 Å². The maximum absolute atomic E-state index is 11.6. The van der Waals surface area contributed by atoms with Crippen LogP contribution in [0.3, 0.4) is 0 Å². The first-order valence-corrected chi connectivity index (χ1v) is 6.09. The van der Waals surface area contributed by atoms with Gasteiger partial charge in [-0.05, 0) is 29.3 Å². The first-order chi connectivity index (χ1) is 9.17. The van der Waals surface area contributed by atoms with Gasteiger partial charge in [-0.2, -0.15) is 0 Å². The van der Waals surface area contributed by atoms with Crippen molar-refractivity contribution in [2.75, 3.05) is 11.9 Å². The molecule has 0 aliphatic carbocycles. The number of nitrogens with zero attached hydrogens (tertiary/aromatic N) is 1. The van der Waals surface area contributed by atoms with Gasteiger partial charge in [-0.15, -0.1) is 0 Å². The minimum Gasteiger partial charge on any atom is -0.458 e. The van der Waals surface area contributed by atoms with Crippen molar-refractivity contribution in [2.45, 2.75) is 12.8 Å². The highest BCUT2D eigenvalue weighted by molar-refractivity contribution is 6.00. The molecule has 1 aromatic heterocycles. The first-order valence-electron chi connectivity index (χ1n) is 6.09. The lowest BCUT2D eigenvalue weighted by atomic mass is 10.0. The monoisotopic (exact) mass is 255 g/mol. The minimum atomic E-state index is 0.119. The van der Waals surface area contributed by atoms with Crippen molar-refractivity contribution >= 4 is 17.9 Å². The van der Waals surface area contributed by atoms with Gasteiger partial charge >= 0.3 is 0 Å². The van der Waals surface area contributed by atoms with Crippen molar-refractivity contribution in [3.63, 3.8) is 0 Å². The van der Waals surface area contributed by atoms with Gasteiger partial charge in [0.1, 0.15) is 5.76 Å². The molecule has 2 aromatic rings. The maximum Gasteiger partial charge on any atom is 0.231 e. The molecule has 0 saturated carbocycles. The molecular weight excluding hydrogens is 242 g/mol. The highest BCUT2D eigenvalue weighted by Gasteiger charge is 2.23. The predicted molar refractivity (Wildman–Crippen MR) is 70.5 cm³/mol. The van der Waals surface area contributed by atoms with Crippen LogP contribution in [0.25, 0.3) is 0 Å². The fourth-order valence-corrected chi connectivity index (χ4v) is 2.39. The molecule has 96 valence electrons. The molecular formula is C15H13NO3. The summed E-state index contributed by atoms with van der Waals surface area (Å²) in [5.41, 5.74) is 3.10. The molecule has 1 aliphatic rings. The zero-order chi connectivity index (χ0) is 13.4. The van der Waals surface area contributed by atoms with E-state index < -0.39 is 0 Å². The molecule has 0 radical (unpaired) electrons. The van der Waals surface area contributed by atoms with Gasteiger partial charge in [0.25, 0.3) is 0 Å². The van der Waals surface area contributed by atoms with Gasteiger partial charge in [0, 0.05) is 19.2 Å². The molecule has 2 heterocycles. The number of rotatable bonds is 3. The highest BCUT2D eigenvalue weighted by atomic mass is 16.3. The van der Waals surface area contributed by atoms with Crippen LogP contribution >= 0.6 is 0 Å². The number of carbonyl (C=O) groups is 2. The van der Waals surface area contributed by atoms with Crippen LogP contribution in [0.4, 0.5) is 5.69 Å². The van der Waals surface area contributed by atoms with E-state index in [-0.39, 0.29) is 5.91 Å². The van der Waals surface area contributed by atoms with Crippen molar-refractivity contribution in [2.24, 2.45) is 0 Å². The first kappa shape index (κ1) is 11.7. The third-order valence-electron chi connectivity index (χ3n) is 3.40. The Balaban J connectivity index is 1.85. The minimum absolute atomic E-state index is 0.119. The number of likely N-dealkylation sites (N-methyl/N-ethyl adjacent to an activating group) is 1. The normalized spacial score (nSPS) is 13.7. The van der Waals surface area contributed by atoms with E-state index >= 15 is 0 Å². The Morgan fingerprint density at radius 2 is 2.16 bits per heavy atom. The van der Waals surface area contributed by atoms with Crippen LogP contribution in [-0.4, -0.2) is 19.2 Å². The fraction of sp³-hybridized carbons (Fsp3) is 0.200. The number of benzene rings is 1. The smallest absolute Gasteiger partial charge is 0.231 e. The second kappa shape index (κ2) is 4.39. The van der Waals surface area contributed by atoms with Gasteiger partial charge < -0.3 is 9.32 Å². The number of amides is 1. The predicted octanol–water partition coefficient (Wildman–Crippen LogP) is 2.20. The van der Waals surface area contributed by atoms with Gasteiger partial charge in [-0.1, -0.05) is 12.1 Å².